The van der Waals surface area contributed by atoms with Crippen LogP contribution >= 0.6 is 0 Å². The number of rotatable bonds is 3. The number of benzene rings is 1. The van der Waals surface area contributed by atoms with Crippen molar-refractivity contribution in [2.45, 2.75) is 55.8 Å². The number of halogens is 3. The normalized spacial score (nSPS) is 26.3. The van der Waals surface area contributed by atoms with E-state index in [2.05, 4.69) is 15.5 Å². The predicted molar refractivity (Wildman–Crippen MR) is 89.4 cm³/mol. The van der Waals surface area contributed by atoms with Crippen molar-refractivity contribution in [2.75, 3.05) is 0 Å². The van der Waals surface area contributed by atoms with Crippen molar-refractivity contribution < 1.29 is 23.1 Å². The molecule has 2 aliphatic rings. The summed E-state index contributed by atoms with van der Waals surface area (Å²) in [5.41, 5.74) is -1.02. The molecule has 1 aliphatic heterocycles. The number of carboxylic acid groups (broad SMARTS) is 1. The van der Waals surface area contributed by atoms with Crippen LogP contribution < -0.4 is 5.32 Å². The van der Waals surface area contributed by atoms with E-state index in [1.807, 2.05) is 37.3 Å². The van der Waals surface area contributed by atoms with Crippen molar-refractivity contribution in [1.29, 1.82) is 0 Å². The second-order valence-corrected chi connectivity index (χ2v) is 7.33. The smallest absolute Gasteiger partial charge is 0.405 e. The summed E-state index contributed by atoms with van der Waals surface area (Å²) in [5.74, 6) is -0.00717. The molecule has 0 unspecified atom stereocenters. The first kappa shape index (κ1) is 17.8. The van der Waals surface area contributed by atoms with Crippen molar-refractivity contribution >= 4 is 6.09 Å². The lowest BCUT2D eigenvalue weighted by Gasteiger charge is -2.37. The molecule has 6 nitrogen and oxygen atoms in total. The van der Waals surface area contributed by atoms with Gasteiger partial charge in [0.2, 0.25) is 0 Å². The zero-order valence-electron chi connectivity index (χ0n) is 14.6. The molecular formula is C18H19F3N4O2. The average molecular weight is 380 g/mol. The Morgan fingerprint density at radius 3 is 2.48 bits per heavy atom. The fraction of sp³-hybridized carbons (Fsp3) is 0.500. The molecule has 2 N–H and O–H groups in total. The lowest BCUT2D eigenvalue weighted by molar-refractivity contribution is -0.163. The maximum atomic E-state index is 13.7. The van der Waals surface area contributed by atoms with Crippen molar-refractivity contribution in [3.8, 4) is 0 Å². The molecule has 1 aliphatic carbocycles. The van der Waals surface area contributed by atoms with Crippen LogP contribution in [0.4, 0.5) is 18.0 Å². The number of amides is 1. The van der Waals surface area contributed by atoms with Crippen LogP contribution in [0, 0.1) is 0 Å². The number of hydrogen-bond donors (Lipinski definition) is 2. The van der Waals surface area contributed by atoms with Gasteiger partial charge in [-0.1, -0.05) is 30.3 Å². The highest BCUT2D eigenvalue weighted by Gasteiger charge is 2.67. The highest BCUT2D eigenvalue weighted by atomic mass is 19.4. The molecule has 2 heterocycles. The molecule has 9 heteroatoms. The standard InChI is InChI=1S/C18H19F3N4O2/c1-10-12(11-5-3-2-4-6-11)9-13(22-16(26)27)14-23-24-15(25(10)14)17(7-8-17)18(19,20)21/h2-6,10,12-13,22H,7-9H2,1H3,(H,26,27)/t10-,12-,13+/m1/s1. The highest BCUT2D eigenvalue weighted by Crippen LogP contribution is 2.59. The third-order valence-corrected chi connectivity index (χ3v) is 5.76. The van der Waals surface area contributed by atoms with Crippen molar-refractivity contribution in [3.63, 3.8) is 0 Å². The van der Waals surface area contributed by atoms with Gasteiger partial charge in [-0.05, 0) is 31.7 Å². The molecule has 0 saturated heterocycles. The Kier molecular flexibility index (Phi) is 3.94. The number of carbonyl (C=O) groups is 1. The third kappa shape index (κ3) is 2.76. The van der Waals surface area contributed by atoms with Gasteiger partial charge in [-0.25, -0.2) is 4.79 Å². The van der Waals surface area contributed by atoms with Gasteiger partial charge in [-0.15, -0.1) is 10.2 Å². The second-order valence-electron chi connectivity index (χ2n) is 7.33. The quantitative estimate of drug-likeness (QED) is 0.846. The van der Waals surface area contributed by atoms with Gasteiger partial charge in [0.25, 0.3) is 0 Å². The Morgan fingerprint density at radius 1 is 1.26 bits per heavy atom. The first-order chi connectivity index (χ1) is 12.7. The summed E-state index contributed by atoms with van der Waals surface area (Å²) >= 11 is 0. The minimum Gasteiger partial charge on any atom is -0.465 e. The van der Waals surface area contributed by atoms with Crippen molar-refractivity contribution in [2.24, 2.45) is 0 Å². The molecule has 4 rings (SSSR count). The van der Waals surface area contributed by atoms with E-state index in [0.29, 0.717) is 6.42 Å². The van der Waals surface area contributed by atoms with Gasteiger partial charge in [0, 0.05) is 12.0 Å². The van der Waals surface area contributed by atoms with Crippen LogP contribution in [-0.2, 0) is 5.41 Å². The lowest BCUT2D eigenvalue weighted by atomic mass is 9.83. The maximum Gasteiger partial charge on any atom is 0.405 e. The summed E-state index contributed by atoms with van der Waals surface area (Å²) in [6.45, 7) is 1.84. The third-order valence-electron chi connectivity index (χ3n) is 5.76. The predicted octanol–water partition coefficient (Wildman–Crippen LogP) is 3.93. The van der Waals surface area contributed by atoms with Crippen LogP contribution in [0.2, 0.25) is 0 Å². The molecule has 1 saturated carbocycles. The van der Waals surface area contributed by atoms with Crippen LogP contribution in [0.3, 0.4) is 0 Å². The average Bonchev–Trinajstić information content (AvgIpc) is 3.31. The zero-order chi connectivity index (χ0) is 19.4. The van der Waals surface area contributed by atoms with Crippen LogP contribution in [0.5, 0.6) is 0 Å². The molecule has 1 aromatic carbocycles. The molecule has 0 bridgehead atoms. The van der Waals surface area contributed by atoms with Crippen LogP contribution in [0.1, 0.15) is 61.4 Å². The Bertz CT molecular complexity index is 861. The first-order valence-electron chi connectivity index (χ1n) is 8.81. The number of aromatic nitrogens is 3. The monoisotopic (exact) mass is 380 g/mol. The maximum absolute atomic E-state index is 13.7. The van der Waals surface area contributed by atoms with Crippen LogP contribution in [-0.4, -0.2) is 32.1 Å². The van der Waals surface area contributed by atoms with Gasteiger partial charge in [-0.2, -0.15) is 13.2 Å². The summed E-state index contributed by atoms with van der Waals surface area (Å²) in [7, 11) is 0. The van der Waals surface area contributed by atoms with Gasteiger partial charge in [0.15, 0.2) is 5.82 Å². The number of nitrogens with one attached hydrogen (secondary N) is 1. The van der Waals surface area contributed by atoms with Crippen molar-refractivity contribution in [1.82, 2.24) is 20.1 Å². The summed E-state index contributed by atoms with van der Waals surface area (Å²) in [6, 6.07) is 8.37. The second kappa shape index (κ2) is 5.97. The number of nitrogens with zero attached hydrogens (tertiary/aromatic N) is 3. The van der Waals surface area contributed by atoms with E-state index in [9.17, 15) is 23.1 Å². The summed E-state index contributed by atoms with van der Waals surface area (Å²) < 4.78 is 42.6. The minimum atomic E-state index is -4.41. The zero-order valence-corrected chi connectivity index (χ0v) is 14.6. The van der Waals surface area contributed by atoms with Crippen LogP contribution in [0.15, 0.2) is 30.3 Å². The molecule has 0 spiro atoms. The summed E-state index contributed by atoms with van der Waals surface area (Å²) in [5, 5.41) is 19.4. The molecule has 0 radical (unpaired) electrons. The molecule has 144 valence electrons. The van der Waals surface area contributed by atoms with Crippen molar-refractivity contribution in [3.05, 3.63) is 47.5 Å². The SMILES string of the molecule is C[C@@H]1[C@H](c2ccccc2)C[C@H](NC(=O)O)c2nnc(C3(C(F)(F)F)CC3)n21. The van der Waals surface area contributed by atoms with E-state index in [4.69, 9.17) is 0 Å². The number of alkyl halides is 3. The van der Waals surface area contributed by atoms with Gasteiger partial charge in [-0.3, -0.25) is 0 Å². The Labute approximate surface area is 153 Å². The number of fused-ring (bicyclic) bond motifs is 1. The first-order valence-corrected chi connectivity index (χ1v) is 8.81. The minimum absolute atomic E-state index is 0.0195. The molecule has 1 aromatic heterocycles. The Morgan fingerprint density at radius 2 is 1.93 bits per heavy atom. The van der Waals surface area contributed by atoms with Gasteiger partial charge >= 0.3 is 12.3 Å². The molecule has 27 heavy (non-hydrogen) atoms. The summed E-state index contributed by atoms with van der Waals surface area (Å²) in [4.78, 5) is 11.2. The highest BCUT2D eigenvalue weighted by molar-refractivity contribution is 5.65. The van der Waals surface area contributed by atoms with E-state index >= 15 is 0 Å². The lowest BCUT2D eigenvalue weighted by Crippen LogP contribution is -2.39. The Balaban J connectivity index is 1.82. The van der Waals surface area contributed by atoms with E-state index in [1.165, 1.54) is 4.57 Å². The largest absolute Gasteiger partial charge is 0.465 e. The molecule has 3 atom stereocenters. The van der Waals surface area contributed by atoms with E-state index < -0.39 is 23.7 Å². The fourth-order valence-electron chi connectivity index (χ4n) is 4.15. The van der Waals surface area contributed by atoms with Gasteiger partial charge < -0.3 is 15.0 Å². The van der Waals surface area contributed by atoms with Gasteiger partial charge in [0.1, 0.15) is 11.2 Å². The topological polar surface area (TPSA) is 80.0 Å². The molecular weight excluding hydrogens is 361 g/mol. The molecule has 1 fully saturated rings. The number of hydrogen-bond acceptors (Lipinski definition) is 3. The summed E-state index contributed by atoms with van der Waals surface area (Å²) in [6.07, 6.45) is -5.28. The molecule has 2 aromatic rings. The Hall–Kier alpha value is -2.58. The van der Waals surface area contributed by atoms with Gasteiger partial charge in [0.05, 0.1) is 6.04 Å². The van der Waals surface area contributed by atoms with E-state index in [1.54, 1.807) is 0 Å². The van der Waals surface area contributed by atoms with E-state index in [-0.39, 0.29) is 36.5 Å². The van der Waals surface area contributed by atoms with E-state index in [0.717, 1.165) is 5.56 Å². The van der Waals surface area contributed by atoms with Crippen LogP contribution in [0.25, 0.3) is 0 Å². The molecule has 1 amide bonds. The fourth-order valence-corrected chi connectivity index (χ4v) is 4.15.